The Labute approximate surface area is 98.8 Å². The topological polar surface area (TPSA) is 51.2 Å². The third-order valence-corrected chi connectivity index (χ3v) is 0.878. The summed E-state index contributed by atoms with van der Waals surface area (Å²) in [5.41, 5.74) is 0. The van der Waals surface area contributed by atoms with E-state index in [4.69, 9.17) is 14.4 Å². The van der Waals surface area contributed by atoms with Gasteiger partial charge >= 0.3 is 0 Å². The Morgan fingerprint density at radius 1 is 0.643 bits per heavy atom. The molecule has 1 aliphatic rings. The van der Waals surface area contributed by atoms with E-state index >= 15 is 0 Å². The van der Waals surface area contributed by atoms with Crippen molar-refractivity contribution in [3.05, 3.63) is 36.5 Å². The third-order valence-electron chi connectivity index (χ3n) is 0.878. The molecule has 0 saturated carbocycles. The van der Waals surface area contributed by atoms with Crippen LogP contribution < -0.4 is 0 Å². The minimum Gasteiger partial charge on any atom is -0.281 e. The van der Waals surface area contributed by atoms with Crippen LogP contribution >= 0.6 is 0 Å². The van der Waals surface area contributed by atoms with Crippen molar-refractivity contribution < 1.29 is 35.4 Å². The first-order chi connectivity index (χ1) is 6.50. The van der Waals surface area contributed by atoms with Gasteiger partial charge in [-0.1, -0.05) is 36.5 Å². The monoisotopic (exact) mass is 360 g/mol. The second-order valence-electron chi connectivity index (χ2n) is 1.48. The van der Waals surface area contributed by atoms with Gasteiger partial charge in [0.1, 0.15) is 0 Å². The molecule has 0 aromatic carbocycles. The van der Waals surface area contributed by atoms with Gasteiger partial charge in [-0.05, 0) is 6.42 Å². The van der Waals surface area contributed by atoms with Crippen LogP contribution in [0.2, 0.25) is 0 Å². The van der Waals surface area contributed by atoms with E-state index in [1.165, 1.54) is 0 Å². The summed E-state index contributed by atoms with van der Waals surface area (Å²) in [4.78, 5) is 22.5. The van der Waals surface area contributed by atoms with Gasteiger partial charge in [0.15, 0.2) is 0 Å². The van der Waals surface area contributed by atoms with Crippen molar-refractivity contribution in [1.82, 2.24) is 0 Å². The molecule has 0 heterocycles. The maximum absolute atomic E-state index is 7.50. The molecule has 0 aromatic rings. The van der Waals surface area contributed by atoms with Gasteiger partial charge in [-0.15, -0.1) is 0 Å². The average Bonchev–Trinajstić information content (AvgIpc) is 2.58. The third kappa shape index (κ3) is 30.7. The summed E-state index contributed by atoms with van der Waals surface area (Å²) in [6.45, 7) is 13.5. The standard InChI is InChI=1S/C7H8.3CO.W/c1-2-4-6-7-5-3-1;3*1-2;/h1-6H,7H2;;;;. The summed E-state index contributed by atoms with van der Waals surface area (Å²) in [6, 6.07) is 0. The molecule has 0 saturated heterocycles. The molecule has 0 atom stereocenters. The molecule has 3 nitrogen and oxygen atoms in total. The van der Waals surface area contributed by atoms with Crippen LogP contribution in [0.3, 0.4) is 0 Å². The van der Waals surface area contributed by atoms with Crippen molar-refractivity contribution in [2.45, 2.75) is 6.42 Å². The van der Waals surface area contributed by atoms with Crippen molar-refractivity contribution in [3.8, 4) is 0 Å². The predicted molar refractivity (Wildman–Crippen MR) is 49.1 cm³/mol. The van der Waals surface area contributed by atoms with E-state index in [0.29, 0.717) is 0 Å². The Morgan fingerprint density at radius 3 is 1.21 bits per heavy atom. The summed E-state index contributed by atoms with van der Waals surface area (Å²) < 4.78 is 0. The van der Waals surface area contributed by atoms with Crippen LogP contribution in [0.4, 0.5) is 0 Å². The second kappa shape index (κ2) is 40.6. The Balaban J connectivity index is -0.0000000625. The summed E-state index contributed by atoms with van der Waals surface area (Å²) >= 11 is 0. The van der Waals surface area contributed by atoms with Gasteiger partial charge in [0.05, 0.1) is 0 Å². The van der Waals surface area contributed by atoms with Crippen LogP contribution in [0.15, 0.2) is 36.5 Å². The molecule has 0 unspecified atom stereocenters. The van der Waals surface area contributed by atoms with Gasteiger partial charge in [-0.3, -0.25) is 14.4 Å². The van der Waals surface area contributed by atoms with E-state index in [0.717, 1.165) is 6.42 Å². The van der Waals surface area contributed by atoms with Gasteiger partial charge in [0.25, 0.3) is 20.4 Å². The van der Waals surface area contributed by atoms with Crippen molar-refractivity contribution >= 4 is 20.4 Å². The van der Waals surface area contributed by atoms with E-state index in [1.54, 1.807) is 0 Å². The van der Waals surface area contributed by atoms with Crippen LogP contribution in [0.1, 0.15) is 6.42 Å². The van der Waals surface area contributed by atoms with Crippen LogP contribution in [0.25, 0.3) is 0 Å². The molecule has 0 bridgehead atoms. The molecule has 72 valence electrons. The van der Waals surface area contributed by atoms with E-state index < -0.39 is 0 Å². The first-order valence-electron chi connectivity index (χ1n) is 3.10. The minimum absolute atomic E-state index is 0. The number of carbonyl (C=O) groups excluding carboxylic acids is 3. The Bertz CT molecular complexity index is 146. The van der Waals surface area contributed by atoms with Crippen LogP contribution in [-0.4, -0.2) is 20.4 Å². The maximum atomic E-state index is 7.50. The fraction of sp³-hybridized carbons (Fsp3) is 0.100. The van der Waals surface area contributed by atoms with Gasteiger partial charge in [-0.25, -0.2) is 0 Å². The summed E-state index contributed by atoms with van der Waals surface area (Å²) in [5, 5.41) is 0. The molecular weight excluding hydrogens is 352 g/mol. The van der Waals surface area contributed by atoms with Crippen molar-refractivity contribution in [2.75, 3.05) is 0 Å². The fourth-order valence-corrected chi connectivity index (χ4v) is 0.521. The molecular formula is C10H8O3W. The summed E-state index contributed by atoms with van der Waals surface area (Å²) in [5.74, 6) is 0. The van der Waals surface area contributed by atoms with Crippen LogP contribution in [0.5, 0.6) is 0 Å². The van der Waals surface area contributed by atoms with Gasteiger partial charge in [0, 0.05) is 21.1 Å². The first kappa shape index (κ1) is 23.1. The minimum atomic E-state index is 0. The molecule has 0 N–H and O–H groups in total. The SMILES string of the molecule is C1=CC=CCC=C1.[C]=O.[C]=O.[C]=O.[W]. The number of allylic oxidation sites excluding steroid dienone is 6. The van der Waals surface area contributed by atoms with Crippen molar-refractivity contribution in [2.24, 2.45) is 0 Å². The van der Waals surface area contributed by atoms with Crippen LogP contribution in [-0.2, 0) is 35.4 Å². The summed E-state index contributed by atoms with van der Waals surface area (Å²) in [7, 11) is 0. The number of hydrogen-bond donors (Lipinski definition) is 0. The zero-order chi connectivity index (χ0) is 10.9. The van der Waals surface area contributed by atoms with E-state index in [2.05, 4.69) is 44.7 Å². The molecule has 0 aromatic heterocycles. The molecule has 0 fully saturated rings. The first-order valence-corrected chi connectivity index (χ1v) is 3.10. The van der Waals surface area contributed by atoms with Gasteiger partial charge < -0.3 is 0 Å². The van der Waals surface area contributed by atoms with Crippen LogP contribution in [0, 0.1) is 0 Å². The second-order valence-corrected chi connectivity index (χ2v) is 1.48. The smallest absolute Gasteiger partial charge is 0.281 e. The quantitative estimate of drug-likeness (QED) is 0.644. The zero-order valence-corrected chi connectivity index (χ0v) is 10.2. The summed E-state index contributed by atoms with van der Waals surface area (Å²) in [6.07, 6.45) is 13.5. The molecule has 0 amide bonds. The number of rotatable bonds is 0. The molecule has 1 aliphatic carbocycles. The van der Waals surface area contributed by atoms with Crippen molar-refractivity contribution in [1.29, 1.82) is 0 Å². The normalized spacial score (nSPS) is 9.43. The largest absolute Gasteiger partial charge is 0.281 e. The Kier molecular flexibility index (Phi) is 66.8. The van der Waals surface area contributed by atoms with E-state index in [9.17, 15) is 0 Å². The van der Waals surface area contributed by atoms with Gasteiger partial charge in [0.2, 0.25) is 0 Å². The molecule has 1 rings (SSSR count). The van der Waals surface area contributed by atoms with Gasteiger partial charge in [-0.2, -0.15) is 0 Å². The Hall–Kier alpha value is -1.08. The molecule has 14 heavy (non-hydrogen) atoms. The fourth-order valence-electron chi connectivity index (χ4n) is 0.521. The molecule has 6 radical (unpaired) electrons. The average molecular weight is 360 g/mol. The van der Waals surface area contributed by atoms with E-state index in [-0.39, 0.29) is 21.1 Å². The van der Waals surface area contributed by atoms with E-state index in [1.807, 2.05) is 12.2 Å². The number of hydrogen-bond acceptors (Lipinski definition) is 3. The molecule has 4 heteroatoms. The van der Waals surface area contributed by atoms with Crippen molar-refractivity contribution in [3.63, 3.8) is 0 Å². The predicted octanol–water partition coefficient (Wildman–Crippen LogP) is 0.865. The Morgan fingerprint density at radius 2 is 0.929 bits per heavy atom. The zero-order valence-electron chi connectivity index (χ0n) is 7.30. The maximum Gasteiger partial charge on any atom is 0.281 e. The molecule has 0 spiro atoms. The molecule has 0 aliphatic heterocycles.